The normalized spacial score (nSPS) is 15.7. The van der Waals surface area contributed by atoms with Crippen LogP contribution in [0, 0.1) is 0 Å². The van der Waals surface area contributed by atoms with E-state index in [0.717, 1.165) is 18.9 Å². The van der Waals surface area contributed by atoms with Crippen LogP contribution in [0.3, 0.4) is 0 Å². The second-order valence-corrected chi connectivity index (χ2v) is 4.39. The van der Waals surface area contributed by atoms with Crippen molar-refractivity contribution in [1.29, 1.82) is 0 Å². The fourth-order valence-corrected chi connectivity index (χ4v) is 2.10. The van der Waals surface area contributed by atoms with E-state index >= 15 is 0 Å². The maximum Gasteiger partial charge on any atom is 0.128 e. The Balaban J connectivity index is 1.95. The largest absolute Gasteiger partial charge is 0.357 e. The number of aromatic nitrogens is 1. The highest BCUT2D eigenvalue weighted by molar-refractivity contribution is 5.41. The van der Waals surface area contributed by atoms with Crippen molar-refractivity contribution in [3.63, 3.8) is 0 Å². The minimum Gasteiger partial charge on any atom is -0.357 e. The predicted molar refractivity (Wildman–Crippen MR) is 67.7 cm³/mol. The molecular weight excluding hydrogens is 198 g/mol. The van der Waals surface area contributed by atoms with Crippen molar-refractivity contribution < 1.29 is 0 Å². The minimum atomic E-state index is 0.956. The molecule has 2 rings (SSSR count). The molecule has 16 heavy (non-hydrogen) atoms. The summed E-state index contributed by atoms with van der Waals surface area (Å²) in [6, 6.07) is 4.32. The van der Waals surface area contributed by atoms with Gasteiger partial charge < -0.3 is 10.2 Å². The molecule has 88 valence electrons. The quantitative estimate of drug-likeness (QED) is 0.769. The molecule has 0 aromatic carbocycles. The SMILES string of the molecule is CCCNCc1ccnc(N2CCCC2)c1. The summed E-state index contributed by atoms with van der Waals surface area (Å²) in [5, 5.41) is 3.42. The van der Waals surface area contributed by atoms with Crippen LogP contribution < -0.4 is 10.2 Å². The molecule has 1 aliphatic rings. The Kier molecular flexibility index (Phi) is 4.17. The third kappa shape index (κ3) is 2.95. The molecule has 3 nitrogen and oxygen atoms in total. The van der Waals surface area contributed by atoms with Gasteiger partial charge in [0.05, 0.1) is 0 Å². The molecule has 0 unspecified atom stereocenters. The molecule has 2 heterocycles. The highest BCUT2D eigenvalue weighted by Gasteiger charge is 2.13. The minimum absolute atomic E-state index is 0.956. The van der Waals surface area contributed by atoms with Crippen molar-refractivity contribution in [2.75, 3.05) is 24.5 Å². The molecule has 0 radical (unpaired) electrons. The van der Waals surface area contributed by atoms with Crippen LogP contribution in [0.25, 0.3) is 0 Å². The fraction of sp³-hybridized carbons (Fsp3) is 0.615. The Bertz CT molecular complexity index is 319. The summed E-state index contributed by atoms with van der Waals surface area (Å²) < 4.78 is 0. The number of anilines is 1. The topological polar surface area (TPSA) is 28.2 Å². The molecule has 1 saturated heterocycles. The lowest BCUT2D eigenvalue weighted by Gasteiger charge is -2.16. The first-order valence-corrected chi connectivity index (χ1v) is 6.30. The van der Waals surface area contributed by atoms with Gasteiger partial charge in [-0.1, -0.05) is 6.92 Å². The maximum atomic E-state index is 4.45. The summed E-state index contributed by atoms with van der Waals surface area (Å²) in [6.07, 6.45) is 5.72. The molecule has 1 aliphatic heterocycles. The first-order valence-electron chi connectivity index (χ1n) is 6.30. The lowest BCUT2D eigenvalue weighted by molar-refractivity contribution is 0.674. The molecule has 0 spiro atoms. The molecule has 0 saturated carbocycles. The summed E-state index contributed by atoms with van der Waals surface area (Å²) >= 11 is 0. The van der Waals surface area contributed by atoms with Gasteiger partial charge in [0, 0.05) is 25.8 Å². The Morgan fingerprint density at radius 1 is 1.38 bits per heavy atom. The molecule has 1 aromatic heterocycles. The molecular formula is C13H21N3. The van der Waals surface area contributed by atoms with Crippen LogP contribution in [-0.2, 0) is 6.54 Å². The highest BCUT2D eigenvalue weighted by atomic mass is 15.2. The number of hydrogen-bond acceptors (Lipinski definition) is 3. The summed E-state index contributed by atoms with van der Waals surface area (Å²) in [4.78, 5) is 6.83. The van der Waals surface area contributed by atoms with E-state index in [-0.39, 0.29) is 0 Å². The van der Waals surface area contributed by atoms with Gasteiger partial charge in [-0.15, -0.1) is 0 Å². The zero-order valence-electron chi connectivity index (χ0n) is 10.1. The molecule has 0 atom stereocenters. The molecule has 1 aromatic rings. The highest BCUT2D eigenvalue weighted by Crippen LogP contribution is 2.18. The summed E-state index contributed by atoms with van der Waals surface area (Å²) in [6.45, 7) is 6.56. The number of rotatable bonds is 5. The van der Waals surface area contributed by atoms with Gasteiger partial charge in [0.15, 0.2) is 0 Å². The first kappa shape index (κ1) is 11.4. The average Bonchev–Trinajstić information content (AvgIpc) is 2.83. The molecule has 1 fully saturated rings. The zero-order valence-corrected chi connectivity index (χ0v) is 10.1. The van der Waals surface area contributed by atoms with Crippen LogP contribution in [0.2, 0.25) is 0 Å². The summed E-state index contributed by atoms with van der Waals surface area (Å²) in [7, 11) is 0. The third-order valence-electron chi connectivity index (χ3n) is 3.00. The van der Waals surface area contributed by atoms with Crippen LogP contribution in [0.4, 0.5) is 5.82 Å². The van der Waals surface area contributed by atoms with E-state index < -0.39 is 0 Å². The van der Waals surface area contributed by atoms with Gasteiger partial charge in [0.25, 0.3) is 0 Å². The van der Waals surface area contributed by atoms with Crippen molar-refractivity contribution in [2.24, 2.45) is 0 Å². The van der Waals surface area contributed by atoms with E-state index in [1.165, 1.54) is 37.9 Å². The monoisotopic (exact) mass is 219 g/mol. The van der Waals surface area contributed by atoms with E-state index in [4.69, 9.17) is 0 Å². The van der Waals surface area contributed by atoms with E-state index in [0.29, 0.717) is 0 Å². The van der Waals surface area contributed by atoms with Crippen molar-refractivity contribution >= 4 is 5.82 Å². The van der Waals surface area contributed by atoms with Crippen LogP contribution in [0.1, 0.15) is 31.7 Å². The van der Waals surface area contributed by atoms with E-state index in [1.807, 2.05) is 6.20 Å². The van der Waals surface area contributed by atoms with Crippen molar-refractivity contribution in [3.8, 4) is 0 Å². The molecule has 0 amide bonds. The van der Waals surface area contributed by atoms with Crippen LogP contribution >= 0.6 is 0 Å². The predicted octanol–water partition coefficient (Wildman–Crippen LogP) is 2.18. The van der Waals surface area contributed by atoms with Crippen molar-refractivity contribution in [2.45, 2.75) is 32.7 Å². The first-order chi connectivity index (χ1) is 7.90. The second-order valence-electron chi connectivity index (χ2n) is 4.39. The van der Waals surface area contributed by atoms with Crippen LogP contribution in [-0.4, -0.2) is 24.6 Å². The lowest BCUT2D eigenvalue weighted by atomic mass is 10.2. The van der Waals surface area contributed by atoms with Gasteiger partial charge in [-0.3, -0.25) is 0 Å². The standard InChI is InChI=1S/C13H21N3/c1-2-6-14-11-12-5-7-15-13(10-12)16-8-3-4-9-16/h5,7,10,14H,2-4,6,8-9,11H2,1H3. The Morgan fingerprint density at radius 3 is 2.94 bits per heavy atom. The van der Waals surface area contributed by atoms with Crippen LogP contribution in [0.5, 0.6) is 0 Å². The number of pyridine rings is 1. The van der Waals surface area contributed by atoms with E-state index in [9.17, 15) is 0 Å². The van der Waals surface area contributed by atoms with Gasteiger partial charge >= 0.3 is 0 Å². The van der Waals surface area contributed by atoms with E-state index in [2.05, 4.69) is 34.3 Å². The maximum absolute atomic E-state index is 4.45. The van der Waals surface area contributed by atoms with Crippen molar-refractivity contribution in [3.05, 3.63) is 23.9 Å². The van der Waals surface area contributed by atoms with Gasteiger partial charge in [-0.2, -0.15) is 0 Å². The van der Waals surface area contributed by atoms with Gasteiger partial charge in [0.1, 0.15) is 5.82 Å². The van der Waals surface area contributed by atoms with E-state index in [1.54, 1.807) is 0 Å². The number of hydrogen-bond donors (Lipinski definition) is 1. The van der Waals surface area contributed by atoms with Gasteiger partial charge in [-0.25, -0.2) is 4.98 Å². The Labute approximate surface area is 97.9 Å². The fourth-order valence-electron chi connectivity index (χ4n) is 2.10. The second kappa shape index (κ2) is 5.85. The van der Waals surface area contributed by atoms with Crippen molar-refractivity contribution in [1.82, 2.24) is 10.3 Å². The van der Waals surface area contributed by atoms with Gasteiger partial charge in [-0.05, 0) is 43.5 Å². The number of nitrogens with one attached hydrogen (secondary N) is 1. The molecule has 3 heteroatoms. The smallest absolute Gasteiger partial charge is 0.128 e. The lowest BCUT2D eigenvalue weighted by Crippen LogP contribution is -2.20. The summed E-state index contributed by atoms with van der Waals surface area (Å²) in [5.74, 6) is 1.15. The molecule has 1 N–H and O–H groups in total. The zero-order chi connectivity index (χ0) is 11.2. The molecule has 0 aliphatic carbocycles. The van der Waals surface area contributed by atoms with Crippen LogP contribution in [0.15, 0.2) is 18.3 Å². The Hall–Kier alpha value is -1.09. The average molecular weight is 219 g/mol. The molecule has 0 bridgehead atoms. The van der Waals surface area contributed by atoms with Gasteiger partial charge in [0.2, 0.25) is 0 Å². The number of nitrogens with zero attached hydrogens (tertiary/aromatic N) is 2. The third-order valence-corrected chi connectivity index (χ3v) is 3.00. The Morgan fingerprint density at radius 2 is 2.19 bits per heavy atom. The summed E-state index contributed by atoms with van der Waals surface area (Å²) in [5.41, 5.74) is 1.34.